The van der Waals surface area contributed by atoms with Crippen LogP contribution in [0, 0.1) is 5.92 Å². The zero-order valence-corrected chi connectivity index (χ0v) is 13.7. The molecule has 2 fully saturated rings. The lowest BCUT2D eigenvalue weighted by molar-refractivity contribution is 0.102. The molecule has 7 heteroatoms. The van der Waals surface area contributed by atoms with E-state index in [1.165, 1.54) is 6.20 Å². The minimum atomic E-state index is -0.816. The van der Waals surface area contributed by atoms with Gasteiger partial charge in [-0.1, -0.05) is 12.1 Å². The Labute approximate surface area is 145 Å². The zero-order valence-electron chi connectivity index (χ0n) is 13.7. The highest BCUT2D eigenvalue weighted by molar-refractivity contribution is 6.03. The molecule has 2 aliphatic carbocycles. The average molecular weight is 340 g/mol. The first kappa shape index (κ1) is 15.7. The Morgan fingerprint density at radius 3 is 2.64 bits per heavy atom. The van der Waals surface area contributed by atoms with E-state index in [0.29, 0.717) is 23.7 Å². The summed E-state index contributed by atoms with van der Waals surface area (Å²) in [6, 6.07) is 7.73. The third-order valence-corrected chi connectivity index (χ3v) is 4.91. The molecule has 2 amide bonds. The van der Waals surface area contributed by atoms with Crippen LogP contribution in [0.15, 0.2) is 36.7 Å². The highest BCUT2D eigenvalue weighted by atomic mass is 16.4. The predicted octanol–water partition coefficient (Wildman–Crippen LogP) is 2.91. The Balaban J connectivity index is 1.37. The van der Waals surface area contributed by atoms with Gasteiger partial charge in [0.2, 0.25) is 0 Å². The SMILES string of the molecule is O=C(Nc1ccc(C2CC2N(CC2CC2)C(=O)O)cc1)c1cn[nH]c1. The van der Waals surface area contributed by atoms with Crippen LogP contribution >= 0.6 is 0 Å². The molecule has 7 nitrogen and oxygen atoms in total. The van der Waals surface area contributed by atoms with Crippen molar-refractivity contribution in [1.29, 1.82) is 0 Å². The molecule has 0 radical (unpaired) electrons. The van der Waals surface area contributed by atoms with Gasteiger partial charge >= 0.3 is 6.09 Å². The summed E-state index contributed by atoms with van der Waals surface area (Å²) in [6.45, 7) is 0.662. The minimum absolute atomic E-state index is 0.0875. The fourth-order valence-corrected chi connectivity index (χ4v) is 3.21. The number of carboxylic acid groups (broad SMARTS) is 1. The van der Waals surface area contributed by atoms with Crippen LogP contribution < -0.4 is 5.32 Å². The molecular weight excluding hydrogens is 320 g/mol. The highest BCUT2D eigenvalue weighted by Crippen LogP contribution is 2.46. The third kappa shape index (κ3) is 3.50. The molecule has 2 aliphatic rings. The molecular formula is C18H20N4O3. The number of anilines is 1. The summed E-state index contributed by atoms with van der Waals surface area (Å²) in [7, 11) is 0. The first-order valence-electron chi connectivity index (χ1n) is 8.51. The first-order chi connectivity index (χ1) is 12.1. The lowest BCUT2D eigenvalue weighted by Crippen LogP contribution is -2.34. The molecule has 1 aromatic heterocycles. The Morgan fingerprint density at radius 1 is 1.28 bits per heavy atom. The van der Waals surface area contributed by atoms with Crippen molar-refractivity contribution in [1.82, 2.24) is 15.1 Å². The number of carbonyl (C=O) groups excluding carboxylic acids is 1. The van der Waals surface area contributed by atoms with Crippen molar-refractivity contribution < 1.29 is 14.7 Å². The van der Waals surface area contributed by atoms with Crippen molar-refractivity contribution in [3.8, 4) is 0 Å². The minimum Gasteiger partial charge on any atom is -0.465 e. The molecule has 2 saturated carbocycles. The molecule has 1 heterocycles. The molecule has 0 spiro atoms. The first-order valence-corrected chi connectivity index (χ1v) is 8.51. The lowest BCUT2D eigenvalue weighted by Gasteiger charge is -2.19. The van der Waals surface area contributed by atoms with E-state index in [0.717, 1.165) is 24.8 Å². The lowest BCUT2D eigenvalue weighted by atomic mass is 10.1. The van der Waals surface area contributed by atoms with E-state index in [2.05, 4.69) is 15.5 Å². The molecule has 0 aliphatic heterocycles. The van der Waals surface area contributed by atoms with Crippen molar-refractivity contribution in [3.05, 3.63) is 47.8 Å². The number of hydrogen-bond donors (Lipinski definition) is 3. The van der Waals surface area contributed by atoms with Gasteiger partial charge in [-0.3, -0.25) is 9.89 Å². The number of carbonyl (C=O) groups is 2. The summed E-state index contributed by atoms with van der Waals surface area (Å²) in [5.74, 6) is 0.596. The Bertz CT molecular complexity index is 768. The van der Waals surface area contributed by atoms with E-state index < -0.39 is 6.09 Å². The summed E-state index contributed by atoms with van der Waals surface area (Å²) in [5, 5.41) is 18.6. The molecule has 2 aromatic rings. The molecule has 2 unspecified atom stereocenters. The number of H-pyrrole nitrogens is 1. The molecule has 130 valence electrons. The number of aromatic amines is 1. The van der Waals surface area contributed by atoms with E-state index in [-0.39, 0.29) is 17.9 Å². The maximum atomic E-state index is 12.0. The third-order valence-electron chi connectivity index (χ3n) is 4.91. The summed E-state index contributed by atoms with van der Waals surface area (Å²) >= 11 is 0. The molecule has 4 rings (SSSR count). The zero-order chi connectivity index (χ0) is 17.4. The van der Waals surface area contributed by atoms with E-state index >= 15 is 0 Å². The van der Waals surface area contributed by atoms with Crippen molar-refractivity contribution in [2.24, 2.45) is 5.92 Å². The molecule has 0 saturated heterocycles. The van der Waals surface area contributed by atoms with Crippen LogP contribution in [0.2, 0.25) is 0 Å². The Hall–Kier alpha value is -2.83. The van der Waals surface area contributed by atoms with Crippen LogP contribution in [-0.2, 0) is 0 Å². The summed E-state index contributed by atoms with van der Waals surface area (Å²) in [5.41, 5.74) is 2.30. The van der Waals surface area contributed by atoms with Crippen molar-refractivity contribution >= 4 is 17.7 Å². The highest BCUT2D eigenvalue weighted by Gasteiger charge is 2.46. The Morgan fingerprint density at radius 2 is 2.04 bits per heavy atom. The van der Waals surface area contributed by atoms with Gasteiger partial charge in [0.05, 0.1) is 11.8 Å². The van der Waals surface area contributed by atoms with Crippen LogP contribution in [0.5, 0.6) is 0 Å². The van der Waals surface area contributed by atoms with E-state index in [9.17, 15) is 14.7 Å². The molecule has 25 heavy (non-hydrogen) atoms. The number of hydrogen-bond acceptors (Lipinski definition) is 3. The number of benzene rings is 1. The number of amides is 2. The maximum absolute atomic E-state index is 12.0. The summed E-state index contributed by atoms with van der Waals surface area (Å²) in [4.78, 5) is 25.1. The largest absolute Gasteiger partial charge is 0.465 e. The van der Waals surface area contributed by atoms with Crippen LogP contribution in [0.25, 0.3) is 0 Å². The molecule has 0 bridgehead atoms. The maximum Gasteiger partial charge on any atom is 0.407 e. The van der Waals surface area contributed by atoms with Crippen LogP contribution in [0.3, 0.4) is 0 Å². The smallest absolute Gasteiger partial charge is 0.407 e. The molecule has 3 N–H and O–H groups in total. The molecule has 2 atom stereocenters. The van der Waals surface area contributed by atoms with E-state index in [1.54, 1.807) is 11.1 Å². The number of aromatic nitrogens is 2. The van der Waals surface area contributed by atoms with Crippen molar-refractivity contribution in [2.75, 3.05) is 11.9 Å². The fourth-order valence-electron chi connectivity index (χ4n) is 3.21. The topological polar surface area (TPSA) is 98.3 Å². The quantitative estimate of drug-likeness (QED) is 0.753. The van der Waals surface area contributed by atoms with Crippen LogP contribution in [0.1, 0.15) is 41.1 Å². The van der Waals surface area contributed by atoms with Crippen LogP contribution in [-0.4, -0.2) is 44.8 Å². The molecule has 1 aromatic carbocycles. The summed E-state index contributed by atoms with van der Waals surface area (Å²) in [6.07, 6.45) is 5.36. The second-order valence-corrected chi connectivity index (χ2v) is 6.85. The Kier molecular flexibility index (Phi) is 3.91. The van der Waals surface area contributed by atoms with Gasteiger partial charge in [0, 0.05) is 30.4 Å². The number of rotatable bonds is 6. The van der Waals surface area contributed by atoms with Gasteiger partial charge in [-0.2, -0.15) is 5.10 Å². The second kappa shape index (κ2) is 6.23. The van der Waals surface area contributed by atoms with Gasteiger partial charge < -0.3 is 15.3 Å². The van der Waals surface area contributed by atoms with E-state index in [4.69, 9.17) is 0 Å². The normalized spacial score (nSPS) is 21.6. The van der Waals surface area contributed by atoms with Gasteiger partial charge in [-0.15, -0.1) is 0 Å². The van der Waals surface area contributed by atoms with Gasteiger partial charge in [0.1, 0.15) is 0 Å². The average Bonchev–Trinajstić information content (AvgIpc) is 3.51. The number of nitrogens with zero attached hydrogens (tertiary/aromatic N) is 2. The van der Waals surface area contributed by atoms with Crippen molar-refractivity contribution in [2.45, 2.75) is 31.2 Å². The van der Waals surface area contributed by atoms with Gasteiger partial charge in [0.15, 0.2) is 0 Å². The monoisotopic (exact) mass is 340 g/mol. The summed E-state index contributed by atoms with van der Waals surface area (Å²) < 4.78 is 0. The number of nitrogens with one attached hydrogen (secondary N) is 2. The standard InChI is InChI=1S/C18H20N4O3/c23-17(13-8-19-20-9-13)21-14-5-3-12(4-6-14)15-7-16(15)22(18(24)25)10-11-1-2-11/h3-6,8-9,11,15-16H,1-2,7,10H2,(H,19,20)(H,21,23)(H,24,25). The van der Waals surface area contributed by atoms with E-state index in [1.807, 2.05) is 24.3 Å². The van der Waals surface area contributed by atoms with Crippen molar-refractivity contribution in [3.63, 3.8) is 0 Å². The predicted molar refractivity (Wildman–Crippen MR) is 91.6 cm³/mol. The fraction of sp³-hybridized carbons (Fsp3) is 0.389. The van der Waals surface area contributed by atoms with Gasteiger partial charge in [0.25, 0.3) is 5.91 Å². The van der Waals surface area contributed by atoms with Crippen LogP contribution in [0.4, 0.5) is 10.5 Å². The second-order valence-electron chi connectivity index (χ2n) is 6.85. The van der Waals surface area contributed by atoms with Gasteiger partial charge in [-0.05, 0) is 42.9 Å². The van der Waals surface area contributed by atoms with Gasteiger partial charge in [-0.25, -0.2) is 4.79 Å².